The summed E-state index contributed by atoms with van der Waals surface area (Å²) >= 11 is 0. The van der Waals surface area contributed by atoms with Crippen LogP contribution in [0.5, 0.6) is 0 Å². The summed E-state index contributed by atoms with van der Waals surface area (Å²) < 4.78 is 0. The molecule has 2 nitrogen and oxygen atoms in total. The van der Waals surface area contributed by atoms with Crippen molar-refractivity contribution in [3.63, 3.8) is 0 Å². The molecule has 2 heteroatoms. The van der Waals surface area contributed by atoms with Gasteiger partial charge in [-0.15, -0.1) is 0 Å². The largest absolute Gasteiger partial charge is 0.302 e. The van der Waals surface area contributed by atoms with E-state index in [-0.39, 0.29) is 0 Å². The van der Waals surface area contributed by atoms with E-state index in [1.54, 1.807) is 0 Å². The highest BCUT2D eigenvalue weighted by Crippen LogP contribution is 2.39. The molecule has 0 N–H and O–H groups in total. The fourth-order valence-electron chi connectivity index (χ4n) is 3.28. The molecule has 0 aromatic carbocycles. The van der Waals surface area contributed by atoms with Gasteiger partial charge in [0, 0.05) is 24.9 Å². The summed E-state index contributed by atoms with van der Waals surface area (Å²) in [5, 5.41) is 0. The normalized spacial score (nSPS) is 51.2. The maximum atomic E-state index is 11.7. The van der Waals surface area contributed by atoms with Gasteiger partial charge in [0.2, 0.25) is 0 Å². The highest BCUT2D eigenvalue weighted by Gasteiger charge is 2.43. The zero-order chi connectivity index (χ0) is 8.13. The summed E-state index contributed by atoms with van der Waals surface area (Å²) in [5.74, 6) is 2.31. The van der Waals surface area contributed by atoms with E-state index >= 15 is 0 Å². The number of ketones is 1. The molecule has 1 aliphatic carbocycles. The van der Waals surface area contributed by atoms with E-state index in [2.05, 4.69) is 4.90 Å². The lowest BCUT2D eigenvalue weighted by Crippen LogP contribution is -2.47. The fraction of sp³-hybridized carbons (Fsp3) is 0.900. The molecule has 4 bridgehead atoms. The van der Waals surface area contributed by atoms with Crippen LogP contribution in [-0.4, -0.2) is 30.3 Å². The molecule has 0 amide bonds. The number of rotatable bonds is 0. The molecule has 3 aliphatic heterocycles. The molecule has 4 rings (SSSR count). The van der Waals surface area contributed by atoms with Gasteiger partial charge in [-0.2, -0.15) is 0 Å². The highest BCUT2D eigenvalue weighted by atomic mass is 16.1. The van der Waals surface area contributed by atoms with Crippen LogP contribution in [-0.2, 0) is 4.79 Å². The first kappa shape index (κ1) is 7.07. The van der Waals surface area contributed by atoms with Crippen LogP contribution < -0.4 is 0 Å². The Morgan fingerprint density at radius 2 is 1.83 bits per heavy atom. The van der Waals surface area contributed by atoms with Gasteiger partial charge in [0.1, 0.15) is 5.78 Å². The van der Waals surface area contributed by atoms with Crippen LogP contribution >= 0.6 is 0 Å². The van der Waals surface area contributed by atoms with Crippen molar-refractivity contribution in [2.24, 2.45) is 17.8 Å². The van der Waals surface area contributed by atoms with Crippen LogP contribution in [0.25, 0.3) is 0 Å². The smallest absolute Gasteiger partial charge is 0.141 e. The van der Waals surface area contributed by atoms with Crippen molar-refractivity contribution in [2.45, 2.75) is 19.3 Å². The highest BCUT2D eigenvalue weighted by molar-refractivity contribution is 5.85. The Labute approximate surface area is 72.9 Å². The molecule has 0 aromatic rings. The molecule has 12 heavy (non-hydrogen) atoms. The molecule has 1 saturated carbocycles. The van der Waals surface area contributed by atoms with E-state index < -0.39 is 0 Å². The maximum Gasteiger partial charge on any atom is 0.141 e. The molecule has 0 spiro atoms. The van der Waals surface area contributed by atoms with Crippen LogP contribution in [0.2, 0.25) is 0 Å². The van der Waals surface area contributed by atoms with Crippen molar-refractivity contribution in [3.05, 3.63) is 0 Å². The van der Waals surface area contributed by atoms with Gasteiger partial charge in [-0.05, 0) is 31.7 Å². The number of fused-ring (bicyclic) bond motifs is 1. The molecule has 3 saturated heterocycles. The summed E-state index contributed by atoms with van der Waals surface area (Å²) in [7, 11) is 0. The zero-order valence-corrected chi connectivity index (χ0v) is 7.33. The van der Waals surface area contributed by atoms with Crippen molar-refractivity contribution in [2.75, 3.05) is 19.6 Å². The Morgan fingerprint density at radius 1 is 1.17 bits per heavy atom. The topological polar surface area (TPSA) is 20.3 Å². The molecule has 4 aliphatic rings. The predicted octanol–water partition coefficient (Wildman–Crippen LogP) is 0.917. The SMILES string of the molecule is O=C1C2CC3CCN(C2)CC1C3. The molecule has 4 fully saturated rings. The van der Waals surface area contributed by atoms with Gasteiger partial charge in [-0.3, -0.25) is 4.79 Å². The van der Waals surface area contributed by atoms with E-state index in [0.717, 1.165) is 19.0 Å². The van der Waals surface area contributed by atoms with Gasteiger partial charge in [0.05, 0.1) is 0 Å². The van der Waals surface area contributed by atoms with Gasteiger partial charge < -0.3 is 4.90 Å². The van der Waals surface area contributed by atoms with Gasteiger partial charge in [0.25, 0.3) is 0 Å². The maximum absolute atomic E-state index is 11.7. The minimum Gasteiger partial charge on any atom is -0.302 e. The number of carbonyl (C=O) groups is 1. The van der Waals surface area contributed by atoms with Crippen LogP contribution in [0.1, 0.15) is 19.3 Å². The Balaban J connectivity index is 1.96. The average Bonchev–Trinajstić information content (AvgIpc) is 2.27. The van der Waals surface area contributed by atoms with Crippen LogP contribution in [0, 0.1) is 17.8 Å². The number of hydrogen-bond donors (Lipinski definition) is 0. The number of hydrogen-bond acceptors (Lipinski definition) is 2. The first-order valence-corrected chi connectivity index (χ1v) is 5.09. The monoisotopic (exact) mass is 165 g/mol. The van der Waals surface area contributed by atoms with E-state index in [1.165, 1.54) is 25.8 Å². The Morgan fingerprint density at radius 3 is 2.50 bits per heavy atom. The summed E-state index contributed by atoms with van der Waals surface area (Å²) in [6.07, 6.45) is 3.75. The van der Waals surface area contributed by atoms with Crippen molar-refractivity contribution >= 4 is 5.78 Å². The quantitative estimate of drug-likeness (QED) is 0.532. The van der Waals surface area contributed by atoms with Gasteiger partial charge in [-0.25, -0.2) is 0 Å². The Kier molecular flexibility index (Phi) is 1.37. The van der Waals surface area contributed by atoms with Crippen LogP contribution in [0.4, 0.5) is 0 Å². The molecule has 2 atom stereocenters. The van der Waals surface area contributed by atoms with Crippen molar-refractivity contribution in [3.8, 4) is 0 Å². The van der Waals surface area contributed by atoms with Gasteiger partial charge in [0.15, 0.2) is 0 Å². The fourth-order valence-corrected chi connectivity index (χ4v) is 3.28. The summed E-state index contributed by atoms with van der Waals surface area (Å²) in [5.41, 5.74) is 0. The molecular formula is C10H15NO. The van der Waals surface area contributed by atoms with Crippen molar-refractivity contribution in [1.82, 2.24) is 4.90 Å². The second-order valence-corrected chi connectivity index (χ2v) is 4.68. The predicted molar refractivity (Wildman–Crippen MR) is 45.8 cm³/mol. The lowest BCUT2D eigenvalue weighted by molar-refractivity contribution is -0.134. The second-order valence-electron chi connectivity index (χ2n) is 4.68. The molecule has 0 aromatic heterocycles. The summed E-state index contributed by atoms with van der Waals surface area (Å²) in [6.45, 7) is 3.41. The van der Waals surface area contributed by atoms with Crippen LogP contribution in [0.15, 0.2) is 0 Å². The van der Waals surface area contributed by atoms with Crippen molar-refractivity contribution in [1.29, 1.82) is 0 Å². The average molecular weight is 165 g/mol. The molecule has 3 heterocycles. The van der Waals surface area contributed by atoms with E-state index in [1.807, 2.05) is 0 Å². The minimum absolute atomic E-state index is 0.421. The second kappa shape index (κ2) is 2.32. The molecule has 0 radical (unpaired) electrons. The number of Topliss-reactive ketones (excluding diaryl/α,β-unsaturated/α-hetero) is 1. The van der Waals surface area contributed by atoms with E-state index in [0.29, 0.717) is 17.6 Å². The van der Waals surface area contributed by atoms with Crippen LogP contribution in [0.3, 0.4) is 0 Å². The molecule has 2 unspecified atom stereocenters. The van der Waals surface area contributed by atoms with Gasteiger partial charge >= 0.3 is 0 Å². The third-order valence-electron chi connectivity index (χ3n) is 3.85. The Bertz CT molecular complexity index is 192. The minimum atomic E-state index is 0.421. The third kappa shape index (κ3) is 0.875. The summed E-state index contributed by atoms with van der Waals surface area (Å²) in [6, 6.07) is 0. The number of nitrogens with zero attached hydrogens (tertiary/aromatic N) is 1. The third-order valence-corrected chi connectivity index (χ3v) is 3.85. The van der Waals surface area contributed by atoms with Gasteiger partial charge in [-0.1, -0.05) is 0 Å². The molecular weight excluding hydrogens is 150 g/mol. The zero-order valence-electron chi connectivity index (χ0n) is 7.33. The molecule has 66 valence electrons. The van der Waals surface area contributed by atoms with E-state index in [9.17, 15) is 4.79 Å². The standard InChI is InChI=1S/C10H15NO/c12-10-8-3-7-1-2-11(5-8)6-9(10)4-7/h7-9H,1-6H2. The lowest BCUT2D eigenvalue weighted by Gasteiger charge is -2.38. The van der Waals surface area contributed by atoms with E-state index in [4.69, 9.17) is 0 Å². The number of piperidine rings is 1. The first-order valence-electron chi connectivity index (χ1n) is 5.09. The summed E-state index contributed by atoms with van der Waals surface area (Å²) in [4.78, 5) is 14.2. The Hall–Kier alpha value is -0.370. The number of carbonyl (C=O) groups excluding carboxylic acids is 1. The lowest BCUT2D eigenvalue weighted by atomic mass is 9.72. The van der Waals surface area contributed by atoms with Crippen molar-refractivity contribution < 1.29 is 4.79 Å². The first-order chi connectivity index (χ1) is 5.83.